The molecule has 0 aromatic heterocycles. The lowest BCUT2D eigenvalue weighted by Gasteiger charge is -2.44. The molecule has 0 amide bonds. The number of hydrogen-bond donors (Lipinski definition) is 0. The van der Waals surface area contributed by atoms with Gasteiger partial charge in [0.1, 0.15) is 6.10 Å². The fraction of sp³-hybridized carbons (Fsp3) is 0.483. The summed E-state index contributed by atoms with van der Waals surface area (Å²) in [5, 5.41) is 2.07. The molecule has 4 rings (SSSR count). The quantitative estimate of drug-likeness (QED) is 0.336. The Bertz CT molecular complexity index is 1090. The first-order chi connectivity index (χ1) is 17.0. The second kappa shape index (κ2) is 9.77. The van der Waals surface area contributed by atoms with Crippen LogP contribution in [0.15, 0.2) is 60.7 Å². The van der Waals surface area contributed by atoms with Crippen molar-refractivity contribution < 1.29 is 28.2 Å². The van der Waals surface area contributed by atoms with Gasteiger partial charge in [-0.25, -0.2) is 0 Å². The normalized spacial score (nSPS) is 27.1. The molecular formula is C29H36O6Si. The van der Waals surface area contributed by atoms with E-state index < -0.39 is 44.2 Å². The van der Waals surface area contributed by atoms with Gasteiger partial charge in [0, 0.05) is 6.92 Å². The van der Waals surface area contributed by atoms with Gasteiger partial charge in [-0.15, -0.1) is 5.92 Å². The molecule has 0 aliphatic carbocycles. The predicted octanol–water partition coefficient (Wildman–Crippen LogP) is 3.76. The van der Waals surface area contributed by atoms with Crippen molar-refractivity contribution in [3.63, 3.8) is 0 Å². The number of benzene rings is 2. The first-order valence-electron chi connectivity index (χ1n) is 12.3. The fourth-order valence-corrected chi connectivity index (χ4v) is 9.98. The van der Waals surface area contributed by atoms with Crippen LogP contribution in [0.25, 0.3) is 0 Å². The lowest BCUT2D eigenvalue weighted by atomic mass is 9.92. The molecule has 0 radical (unpaired) electrons. The van der Waals surface area contributed by atoms with Gasteiger partial charge in [-0.2, -0.15) is 0 Å². The summed E-state index contributed by atoms with van der Waals surface area (Å²) in [7, 11) is -2.86. The Morgan fingerprint density at radius 2 is 1.56 bits per heavy atom. The molecule has 2 aliphatic heterocycles. The average molecular weight is 509 g/mol. The smallest absolute Gasteiger partial charge is 0.304 e. The zero-order chi connectivity index (χ0) is 26.2. The van der Waals surface area contributed by atoms with E-state index in [-0.39, 0.29) is 11.6 Å². The largest absolute Gasteiger partial charge is 0.440 e. The predicted molar refractivity (Wildman–Crippen MR) is 140 cm³/mol. The summed E-state index contributed by atoms with van der Waals surface area (Å²) in [5.41, 5.74) is -1.36. The summed E-state index contributed by atoms with van der Waals surface area (Å²) in [4.78, 5) is 12.3. The molecule has 7 heteroatoms. The Balaban J connectivity index is 1.79. The third-order valence-corrected chi connectivity index (χ3v) is 11.8. The zero-order valence-electron chi connectivity index (χ0n) is 22.2. The van der Waals surface area contributed by atoms with E-state index in [2.05, 4.69) is 56.9 Å². The Morgan fingerprint density at radius 1 is 1.00 bits per heavy atom. The minimum absolute atomic E-state index is 0.148. The second-order valence-electron chi connectivity index (χ2n) is 10.8. The first-order valence-corrected chi connectivity index (χ1v) is 14.3. The number of rotatable bonds is 6. The first kappa shape index (κ1) is 26.6. The summed E-state index contributed by atoms with van der Waals surface area (Å²) in [6, 6.07) is 20.7. The van der Waals surface area contributed by atoms with Crippen molar-refractivity contribution in [3.8, 4) is 11.8 Å². The Morgan fingerprint density at radius 3 is 2.03 bits per heavy atom. The van der Waals surface area contributed by atoms with Crippen LogP contribution in [0.5, 0.6) is 0 Å². The van der Waals surface area contributed by atoms with Crippen LogP contribution in [0.3, 0.4) is 0 Å². The molecule has 0 unspecified atom stereocenters. The minimum Gasteiger partial charge on any atom is -0.440 e. The second-order valence-corrected chi connectivity index (χ2v) is 15.1. The standard InChI is InChI=1S/C29H36O6Si/c1-8-19-29(33-21(2)30)24(32-26-25(29)34-28(6,7)35-26)20-31-36(27(3,4)5,22-15-11-9-12-16-22)23-17-13-10-14-18-23/h9-18,24-26H,20H2,1-7H3/t24-,25+,26-,29-/m1/s1. The maximum Gasteiger partial charge on any atom is 0.304 e. The van der Waals surface area contributed by atoms with Crippen LogP contribution in [-0.4, -0.2) is 50.8 Å². The summed E-state index contributed by atoms with van der Waals surface area (Å²) >= 11 is 0. The topological polar surface area (TPSA) is 63.2 Å². The van der Waals surface area contributed by atoms with Gasteiger partial charge in [0.25, 0.3) is 8.32 Å². The van der Waals surface area contributed by atoms with E-state index in [4.69, 9.17) is 23.4 Å². The number of ether oxygens (including phenoxy) is 4. The average Bonchev–Trinajstić information content (AvgIpc) is 3.25. The maximum atomic E-state index is 12.3. The number of hydrogen-bond acceptors (Lipinski definition) is 6. The summed E-state index contributed by atoms with van der Waals surface area (Å²) in [5.74, 6) is 4.69. The van der Waals surface area contributed by atoms with E-state index in [0.29, 0.717) is 0 Å². The molecule has 192 valence electrons. The molecule has 4 atom stereocenters. The lowest BCUT2D eigenvalue weighted by Crippen LogP contribution is -2.67. The van der Waals surface area contributed by atoms with Crippen LogP contribution >= 0.6 is 0 Å². The molecule has 2 fully saturated rings. The van der Waals surface area contributed by atoms with Gasteiger partial charge in [0.05, 0.1) is 6.61 Å². The van der Waals surface area contributed by atoms with Crippen LogP contribution in [0.1, 0.15) is 48.5 Å². The highest BCUT2D eigenvalue weighted by Gasteiger charge is 2.66. The Labute approximate surface area is 215 Å². The highest BCUT2D eigenvalue weighted by molar-refractivity contribution is 6.99. The lowest BCUT2D eigenvalue weighted by molar-refractivity contribution is -0.230. The van der Waals surface area contributed by atoms with Crippen molar-refractivity contribution >= 4 is 24.7 Å². The minimum atomic E-state index is -2.86. The molecular weight excluding hydrogens is 472 g/mol. The summed E-state index contributed by atoms with van der Waals surface area (Å²) in [6.45, 7) is 13.5. The van der Waals surface area contributed by atoms with Crippen molar-refractivity contribution in [1.29, 1.82) is 0 Å². The monoisotopic (exact) mass is 508 g/mol. The van der Waals surface area contributed by atoms with Gasteiger partial charge in [-0.3, -0.25) is 4.79 Å². The molecule has 2 heterocycles. The van der Waals surface area contributed by atoms with Crippen molar-refractivity contribution in [3.05, 3.63) is 60.7 Å². The SMILES string of the molecule is CC#C[C@@]1(OC(C)=O)[C@@H](CO[Si](c2ccccc2)(c2ccccc2)C(C)(C)C)O[C@@H]2OC(C)(C)O[C@@H]21. The van der Waals surface area contributed by atoms with Crippen molar-refractivity contribution in [2.75, 3.05) is 6.61 Å². The number of fused-ring (bicyclic) bond motifs is 1. The van der Waals surface area contributed by atoms with Gasteiger partial charge in [-0.1, -0.05) is 81.4 Å². The van der Waals surface area contributed by atoms with E-state index in [1.807, 2.05) is 36.4 Å². The van der Waals surface area contributed by atoms with E-state index in [1.54, 1.807) is 20.8 Å². The van der Waals surface area contributed by atoms with E-state index >= 15 is 0 Å². The van der Waals surface area contributed by atoms with Crippen LogP contribution in [-0.2, 0) is 28.2 Å². The molecule has 2 aromatic rings. The highest BCUT2D eigenvalue weighted by Crippen LogP contribution is 2.46. The molecule has 0 saturated carbocycles. The maximum absolute atomic E-state index is 12.3. The van der Waals surface area contributed by atoms with Crippen molar-refractivity contribution in [2.24, 2.45) is 0 Å². The van der Waals surface area contributed by atoms with Crippen molar-refractivity contribution in [1.82, 2.24) is 0 Å². The Kier molecular flexibility index (Phi) is 7.21. The molecule has 6 nitrogen and oxygen atoms in total. The number of carbonyl (C=O) groups is 1. The molecule has 2 aliphatic rings. The van der Waals surface area contributed by atoms with Gasteiger partial charge in [0.2, 0.25) is 5.60 Å². The summed E-state index contributed by atoms with van der Waals surface area (Å²) < 4.78 is 31.5. The molecule has 0 spiro atoms. The molecule has 0 bridgehead atoms. The third kappa shape index (κ3) is 4.65. The highest BCUT2D eigenvalue weighted by atomic mass is 28.4. The molecule has 2 saturated heterocycles. The van der Waals surface area contributed by atoms with Crippen LogP contribution in [0, 0.1) is 11.8 Å². The number of carbonyl (C=O) groups excluding carboxylic acids is 1. The van der Waals surface area contributed by atoms with Crippen LogP contribution < -0.4 is 10.4 Å². The zero-order valence-corrected chi connectivity index (χ0v) is 23.2. The van der Waals surface area contributed by atoms with Gasteiger partial charge < -0.3 is 23.4 Å². The molecule has 36 heavy (non-hydrogen) atoms. The fourth-order valence-electron chi connectivity index (χ4n) is 5.43. The van der Waals surface area contributed by atoms with Crippen LogP contribution in [0.4, 0.5) is 0 Å². The Hall–Kier alpha value is -2.47. The summed E-state index contributed by atoms with van der Waals surface area (Å²) in [6.07, 6.45) is -2.13. The van der Waals surface area contributed by atoms with E-state index in [0.717, 1.165) is 10.4 Å². The van der Waals surface area contributed by atoms with E-state index in [1.165, 1.54) is 6.92 Å². The van der Waals surface area contributed by atoms with Gasteiger partial charge in [0.15, 0.2) is 18.2 Å². The molecule has 2 aromatic carbocycles. The van der Waals surface area contributed by atoms with Gasteiger partial charge in [-0.05, 0) is 42.1 Å². The molecule has 0 N–H and O–H groups in total. The third-order valence-electron chi connectivity index (χ3n) is 6.76. The number of esters is 1. The van der Waals surface area contributed by atoms with Gasteiger partial charge >= 0.3 is 5.97 Å². The van der Waals surface area contributed by atoms with Crippen LogP contribution in [0.2, 0.25) is 5.04 Å². The van der Waals surface area contributed by atoms with Crippen molar-refractivity contribution in [2.45, 2.75) is 83.4 Å². The van der Waals surface area contributed by atoms with E-state index in [9.17, 15) is 4.79 Å².